The zero-order chi connectivity index (χ0) is 12.4. The molecule has 0 saturated heterocycles. The molecular weight excluding hydrogens is 210 g/mol. The van der Waals surface area contributed by atoms with E-state index < -0.39 is 0 Å². The summed E-state index contributed by atoms with van der Waals surface area (Å²) < 4.78 is 2.05. The van der Waals surface area contributed by atoms with E-state index in [9.17, 15) is 0 Å². The molecule has 0 radical (unpaired) electrons. The first-order valence-electron chi connectivity index (χ1n) is 6.83. The quantitative estimate of drug-likeness (QED) is 0.821. The Balaban J connectivity index is 1.96. The predicted octanol–water partition coefficient (Wildman–Crippen LogP) is 2.64. The molecule has 0 amide bonds. The van der Waals surface area contributed by atoms with Crippen LogP contribution in [0, 0.1) is 11.8 Å². The van der Waals surface area contributed by atoms with E-state index in [1.807, 2.05) is 4.68 Å². The van der Waals surface area contributed by atoms with E-state index in [1.165, 1.54) is 18.5 Å². The molecule has 1 N–H and O–H groups in total. The predicted molar refractivity (Wildman–Crippen MR) is 71.1 cm³/mol. The molecule has 1 aromatic heterocycles. The maximum absolute atomic E-state index is 4.64. The van der Waals surface area contributed by atoms with Crippen LogP contribution in [-0.2, 0) is 6.42 Å². The number of aromatic nitrogens is 2. The number of hydrogen-bond acceptors (Lipinski definition) is 2. The standard InChI is InChI=1S/C14H25N3/c1-10(2)17-8-7-13(16-17)9-14(15-4)11(3)12-5-6-12/h7-8,10-12,14-15H,5-6,9H2,1-4H3. The van der Waals surface area contributed by atoms with Crippen LogP contribution in [0.25, 0.3) is 0 Å². The molecule has 0 bridgehead atoms. The van der Waals surface area contributed by atoms with Gasteiger partial charge in [0.1, 0.15) is 0 Å². The molecule has 1 heterocycles. The largest absolute Gasteiger partial charge is 0.316 e. The minimum Gasteiger partial charge on any atom is -0.316 e. The van der Waals surface area contributed by atoms with Crippen LogP contribution in [0.4, 0.5) is 0 Å². The Morgan fingerprint density at radius 2 is 2.12 bits per heavy atom. The molecule has 2 rings (SSSR count). The normalized spacial score (nSPS) is 19.6. The van der Waals surface area contributed by atoms with Crippen LogP contribution in [0.15, 0.2) is 12.3 Å². The number of nitrogens with one attached hydrogen (secondary N) is 1. The Morgan fingerprint density at radius 3 is 2.59 bits per heavy atom. The molecule has 2 unspecified atom stereocenters. The number of likely N-dealkylation sites (N-methyl/N-ethyl adjacent to an activating group) is 1. The summed E-state index contributed by atoms with van der Waals surface area (Å²) in [5.74, 6) is 1.71. The summed E-state index contributed by atoms with van der Waals surface area (Å²) in [5, 5.41) is 8.10. The molecule has 17 heavy (non-hydrogen) atoms. The highest BCUT2D eigenvalue weighted by Crippen LogP contribution is 2.38. The summed E-state index contributed by atoms with van der Waals surface area (Å²) in [7, 11) is 2.07. The van der Waals surface area contributed by atoms with Crippen molar-refractivity contribution in [2.45, 2.75) is 52.1 Å². The minimum absolute atomic E-state index is 0.456. The molecule has 1 aliphatic rings. The van der Waals surface area contributed by atoms with E-state index in [4.69, 9.17) is 0 Å². The van der Waals surface area contributed by atoms with Crippen molar-refractivity contribution in [2.24, 2.45) is 11.8 Å². The highest BCUT2D eigenvalue weighted by Gasteiger charge is 2.32. The van der Waals surface area contributed by atoms with E-state index in [0.717, 1.165) is 18.3 Å². The Bertz CT molecular complexity index is 352. The Morgan fingerprint density at radius 1 is 1.41 bits per heavy atom. The smallest absolute Gasteiger partial charge is 0.0640 e. The van der Waals surface area contributed by atoms with E-state index >= 15 is 0 Å². The van der Waals surface area contributed by atoms with Gasteiger partial charge in [0.2, 0.25) is 0 Å². The van der Waals surface area contributed by atoms with Gasteiger partial charge in [0.15, 0.2) is 0 Å². The molecule has 3 heteroatoms. The lowest BCUT2D eigenvalue weighted by atomic mass is 9.93. The molecule has 1 saturated carbocycles. The molecule has 2 atom stereocenters. The molecule has 0 spiro atoms. The van der Waals surface area contributed by atoms with Crippen LogP contribution in [0.5, 0.6) is 0 Å². The minimum atomic E-state index is 0.456. The highest BCUT2D eigenvalue weighted by atomic mass is 15.3. The average molecular weight is 235 g/mol. The molecule has 3 nitrogen and oxygen atoms in total. The fourth-order valence-corrected chi connectivity index (χ4v) is 2.50. The summed E-state index contributed by atoms with van der Waals surface area (Å²) in [6, 6.07) is 3.18. The third kappa shape index (κ3) is 3.09. The van der Waals surface area contributed by atoms with E-state index in [2.05, 4.69) is 50.5 Å². The zero-order valence-corrected chi connectivity index (χ0v) is 11.5. The van der Waals surface area contributed by atoms with Gasteiger partial charge in [0.05, 0.1) is 5.69 Å². The third-order valence-corrected chi connectivity index (χ3v) is 3.99. The van der Waals surface area contributed by atoms with Crippen molar-refractivity contribution < 1.29 is 0 Å². The zero-order valence-electron chi connectivity index (χ0n) is 11.5. The molecule has 1 aliphatic carbocycles. The second-order valence-electron chi connectivity index (χ2n) is 5.68. The first-order valence-corrected chi connectivity index (χ1v) is 6.83. The second-order valence-corrected chi connectivity index (χ2v) is 5.68. The van der Waals surface area contributed by atoms with Crippen LogP contribution in [0.1, 0.15) is 45.3 Å². The van der Waals surface area contributed by atoms with Crippen LogP contribution < -0.4 is 5.32 Å². The SMILES string of the molecule is CNC(Cc1ccn(C(C)C)n1)C(C)C1CC1. The van der Waals surface area contributed by atoms with E-state index in [0.29, 0.717) is 12.1 Å². The maximum atomic E-state index is 4.64. The molecule has 1 fully saturated rings. The van der Waals surface area contributed by atoms with Crippen LogP contribution >= 0.6 is 0 Å². The molecular formula is C14H25N3. The number of rotatable bonds is 6. The lowest BCUT2D eigenvalue weighted by molar-refractivity contribution is 0.354. The third-order valence-electron chi connectivity index (χ3n) is 3.99. The summed E-state index contributed by atoms with van der Waals surface area (Å²) >= 11 is 0. The van der Waals surface area contributed by atoms with Gasteiger partial charge in [-0.25, -0.2) is 0 Å². The number of nitrogens with zero attached hydrogens (tertiary/aromatic N) is 2. The molecule has 1 aromatic rings. The first kappa shape index (κ1) is 12.6. The molecule has 0 aromatic carbocycles. The van der Waals surface area contributed by atoms with Gasteiger partial charge in [-0.1, -0.05) is 6.92 Å². The summed E-state index contributed by atoms with van der Waals surface area (Å²) in [4.78, 5) is 0. The van der Waals surface area contributed by atoms with Crippen molar-refractivity contribution in [2.75, 3.05) is 7.05 Å². The highest BCUT2D eigenvalue weighted by molar-refractivity contribution is 5.03. The summed E-state index contributed by atoms with van der Waals surface area (Å²) in [6.45, 7) is 6.70. The van der Waals surface area contributed by atoms with Gasteiger partial charge in [-0.05, 0) is 51.6 Å². The summed E-state index contributed by atoms with van der Waals surface area (Å²) in [6.07, 6.45) is 5.97. The van der Waals surface area contributed by atoms with Crippen LogP contribution in [-0.4, -0.2) is 22.9 Å². The van der Waals surface area contributed by atoms with Crippen LogP contribution in [0.2, 0.25) is 0 Å². The fourth-order valence-electron chi connectivity index (χ4n) is 2.50. The van der Waals surface area contributed by atoms with Gasteiger partial charge in [0, 0.05) is 24.7 Å². The van der Waals surface area contributed by atoms with Crippen molar-refractivity contribution in [1.29, 1.82) is 0 Å². The van der Waals surface area contributed by atoms with Gasteiger partial charge in [-0.15, -0.1) is 0 Å². The van der Waals surface area contributed by atoms with E-state index in [1.54, 1.807) is 0 Å². The van der Waals surface area contributed by atoms with Crippen molar-refractivity contribution in [3.8, 4) is 0 Å². The second kappa shape index (κ2) is 5.21. The van der Waals surface area contributed by atoms with Gasteiger partial charge in [-0.3, -0.25) is 4.68 Å². The molecule has 0 aliphatic heterocycles. The fraction of sp³-hybridized carbons (Fsp3) is 0.786. The topological polar surface area (TPSA) is 29.9 Å². The van der Waals surface area contributed by atoms with Crippen molar-refractivity contribution in [3.05, 3.63) is 18.0 Å². The van der Waals surface area contributed by atoms with Gasteiger partial charge < -0.3 is 5.32 Å². The van der Waals surface area contributed by atoms with Crippen molar-refractivity contribution >= 4 is 0 Å². The molecule has 96 valence electrons. The first-order chi connectivity index (χ1) is 8.11. The van der Waals surface area contributed by atoms with E-state index in [-0.39, 0.29) is 0 Å². The van der Waals surface area contributed by atoms with Crippen LogP contribution in [0.3, 0.4) is 0 Å². The van der Waals surface area contributed by atoms with Crippen molar-refractivity contribution in [3.63, 3.8) is 0 Å². The van der Waals surface area contributed by atoms with Gasteiger partial charge in [0.25, 0.3) is 0 Å². The monoisotopic (exact) mass is 235 g/mol. The van der Waals surface area contributed by atoms with Gasteiger partial charge >= 0.3 is 0 Å². The Hall–Kier alpha value is -0.830. The average Bonchev–Trinajstić information content (AvgIpc) is 3.04. The number of hydrogen-bond donors (Lipinski definition) is 1. The maximum Gasteiger partial charge on any atom is 0.0640 e. The lowest BCUT2D eigenvalue weighted by Gasteiger charge is -2.22. The summed E-state index contributed by atoms with van der Waals surface area (Å²) in [5.41, 5.74) is 1.21. The lowest BCUT2D eigenvalue weighted by Crippen LogP contribution is -2.35. The van der Waals surface area contributed by atoms with Crippen molar-refractivity contribution in [1.82, 2.24) is 15.1 Å². The van der Waals surface area contributed by atoms with Gasteiger partial charge in [-0.2, -0.15) is 5.10 Å². The Kier molecular flexibility index (Phi) is 3.87. The Labute approximate surface area is 105 Å².